The topological polar surface area (TPSA) is 175 Å². The van der Waals surface area contributed by atoms with E-state index < -0.39 is 67.3 Å². The normalized spacial score (nSPS) is 18.7. The van der Waals surface area contributed by atoms with Gasteiger partial charge in [0.25, 0.3) is 0 Å². The molecule has 3 N–H and O–H groups in total. The number of carboxylic acid groups (broad SMARTS) is 1. The summed E-state index contributed by atoms with van der Waals surface area (Å²) >= 11 is 0. The molecular formula is C71H108O12. The average molecular weight is 1150 g/mol. The van der Waals surface area contributed by atoms with Crippen molar-refractivity contribution < 1.29 is 58.2 Å². The molecule has 0 aromatic heterocycles. The van der Waals surface area contributed by atoms with E-state index in [0.717, 1.165) is 122 Å². The van der Waals surface area contributed by atoms with E-state index in [4.69, 9.17) is 23.7 Å². The molecule has 12 heteroatoms. The summed E-state index contributed by atoms with van der Waals surface area (Å²) in [6.07, 6.45) is 70.7. The molecule has 83 heavy (non-hydrogen) atoms. The lowest BCUT2D eigenvalue weighted by Gasteiger charge is -2.40. The monoisotopic (exact) mass is 1150 g/mol. The molecule has 0 saturated carbocycles. The lowest BCUT2D eigenvalue weighted by atomic mass is 9.98. The van der Waals surface area contributed by atoms with Gasteiger partial charge in [-0.05, 0) is 135 Å². The predicted octanol–water partition coefficient (Wildman–Crippen LogP) is 16.9. The van der Waals surface area contributed by atoms with Gasteiger partial charge in [-0.25, -0.2) is 4.79 Å². The van der Waals surface area contributed by atoms with Crippen molar-refractivity contribution in [1.82, 2.24) is 0 Å². The molecule has 0 radical (unpaired) electrons. The number of carbonyl (C=O) groups is 4. The number of esters is 3. The van der Waals surface area contributed by atoms with Gasteiger partial charge in [-0.3, -0.25) is 14.4 Å². The second-order valence-electron chi connectivity index (χ2n) is 20.6. The Balaban J connectivity index is 2.77. The Morgan fingerprint density at radius 3 is 1.23 bits per heavy atom. The molecule has 6 atom stereocenters. The smallest absolute Gasteiger partial charge is 0.335 e. The summed E-state index contributed by atoms with van der Waals surface area (Å²) in [4.78, 5) is 51.3. The molecule has 0 spiro atoms. The predicted molar refractivity (Wildman–Crippen MR) is 339 cm³/mol. The molecule has 1 fully saturated rings. The maximum Gasteiger partial charge on any atom is 0.335 e. The number of ether oxygens (including phenoxy) is 5. The number of rotatable bonds is 51. The molecular weight excluding hydrogens is 1040 g/mol. The first-order valence-corrected chi connectivity index (χ1v) is 31.5. The fourth-order valence-electron chi connectivity index (χ4n) is 8.33. The van der Waals surface area contributed by atoms with Crippen LogP contribution < -0.4 is 0 Å². The second kappa shape index (κ2) is 56.8. The van der Waals surface area contributed by atoms with Crippen LogP contribution in [0.4, 0.5) is 0 Å². The van der Waals surface area contributed by atoms with Gasteiger partial charge < -0.3 is 39.0 Å². The van der Waals surface area contributed by atoms with E-state index >= 15 is 0 Å². The summed E-state index contributed by atoms with van der Waals surface area (Å²) in [7, 11) is 0. The minimum absolute atomic E-state index is 0.00997. The van der Waals surface area contributed by atoms with Gasteiger partial charge in [-0.2, -0.15) is 0 Å². The highest BCUT2D eigenvalue weighted by Gasteiger charge is 2.50. The Bertz CT molecular complexity index is 2050. The molecule has 12 nitrogen and oxygen atoms in total. The van der Waals surface area contributed by atoms with Crippen LogP contribution in [0.3, 0.4) is 0 Å². The van der Waals surface area contributed by atoms with Crippen LogP contribution in [-0.2, 0) is 42.9 Å². The lowest BCUT2D eigenvalue weighted by molar-refractivity contribution is -0.301. The van der Waals surface area contributed by atoms with Crippen LogP contribution in [0.5, 0.6) is 0 Å². The van der Waals surface area contributed by atoms with Crippen LogP contribution in [-0.4, -0.2) is 89.2 Å². The van der Waals surface area contributed by atoms with Crippen molar-refractivity contribution in [3.8, 4) is 0 Å². The minimum Gasteiger partial charge on any atom is -0.479 e. The van der Waals surface area contributed by atoms with Gasteiger partial charge in [-0.1, -0.05) is 217 Å². The number of aliphatic carboxylic acids is 1. The molecule has 1 heterocycles. The first-order chi connectivity index (χ1) is 40.6. The third-order valence-electron chi connectivity index (χ3n) is 13.1. The summed E-state index contributed by atoms with van der Waals surface area (Å²) in [6.45, 7) is 5.63. The van der Waals surface area contributed by atoms with Gasteiger partial charge in [0.05, 0.1) is 6.61 Å². The standard InChI is InChI=1S/C71H108O12/c1-4-7-10-13-16-19-22-25-28-30-32-34-37-39-42-45-48-51-54-57-63(72)79-60-62(81-64(73)58-55-52-49-46-43-41-38-35-33-31-29-26-23-20-17-14-11-8-5-2)61-80-71-69(67(76)66(75)68(83-71)70(77)78)82-65(74)59-56-53-50-47-44-40-36-27-24-21-18-15-12-9-6-3/h7,9-10,12,16-21,25-29,32-36,39,42,44,47-48,51,62,66-69,71,75-76H,4-6,8,11,13-15,22-24,30-31,37-38,40-41,43,45-46,49-50,52-61H2,1-3H3,(H,77,78)/b10-7-,12-9-,19-16-,20-17-,21-18-,28-25-,29-26-,34-32-,35-33-,36-27-,42-39-,47-44-,51-48-. The molecule has 6 unspecified atom stereocenters. The Morgan fingerprint density at radius 1 is 0.410 bits per heavy atom. The van der Waals surface area contributed by atoms with Crippen molar-refractivity contribution in [3.63, 3.8) is 0 Å². The highest BCUT2D eigenvalue weighted by atomic mass is 16.7. The highest BCUT2D eigenvalue weighted by Crippen LogP contribution is 2.26. The Labute approximate surface area is 501 Å². The van der Waals surface area contributed by atoms with Crippen LogP contribution in [0.15, 0.2) is 158 Å². The van der Waals surface area contributed by atoms with Crippen molar-refractivity contribution in [1.29, 1.82) is 0 Å². The first-order valence-electron chi connectivity index (χ1n) is 31.5. The summed E-state index contributed by atoms with van der Waals surface area (Å²) in [5.41, 5.74) is 0. The van der Waals surface area contributed by atoms with Gasteiger partial charge in [0.2, 0.25) is 0 Å². The Morgan fingerprint density at radius 2 is 0.783 bits per heavy atom. The van der Waals surface area contributed by atoms with E-state index in [1.165, 1.54) is 19.3 Å². The van der Waals surface area contributed by atoms with E-state index in [1.807, 2.05) is 12.2 Å². The number of aliphatic hydroxyl groups is 2. The molecule has 1 rings (SSSR count). The molecule has 1 aliphatic heterocycles. The van der Waals surface area contributed by atoms with E-state index in [2.05, 4.69) is 167 Å². The molecule has 0 aromatic rings. The van der Waals surface area contributed by atoms with Crippen LogP contribution in [0.2, 0.25) is 0 Å². The molecule has 0 bridgehead atoms. The Hall–Kier alpha value is -5.66. The quantitative estimate of drug-likeness (QED) is 0.0228. The largest absolute Gasteiger partial charge is 0.479 e. The first kappa shape index (κ1) is 75.4. The number of unbranched alkanes of at least 4 members (excludes halogenated alkanes) is 11. The van der Waals surface area contributed by atoms with Crippen molar-refractivity contribution in [3.05, 3.63) is 158 Å². The van der Waals surface area contributed by atoms with E-state index in [0.29, 0.717) is 32.1 Å². The van der Waals surface area contributed by atoms with Gasteiger partial charge >= 0.3 is 23.9 Å². The lowest BCUT2D eigenvalue weighted by Crippen LogP contribution is -2.61. The zero-order valence-corrected chi connectivity index (χ0v) is 51.1. The van der Waals surface area contributed by atoms with E-state index in [9.17, 15) is 34.5 Å². The van der Waals surface area contributed by atoms with E-state index in [1.54, 1.807) is 0 Å². The van der Waals surface area contributed by atoms with Gasteiger partial charge in [0.1, 0.15) is 18.8 Å². The highest BCUT2D eigenvalue weighted by molar-refractivity contribution is 5.74. The van der Waals surface area contributed by atoms with Crippen molar-refractivity contribution >= 4 is 23.9 Å². The number of carbonyl (C=O) groups excluding carboxylic acids is 3. The van der Waals surface area contributed by atoms with Crippen molar-refractivity contribution in [2.24, 2.45) is 0 Å². The minimum atomic E-state index is -1.94. The van der Waals surface area contributed by atoms with E-state index in [-0.39, 0.29) is 25.9 Å². The zero-order chi connectivity index (χ0) is 60.3. The summed E-state index contributed by atoms with van der Waals surface area (Å²) in [5, 5.41) is 31.5. The summed E-state index contributed by atoms with van der Waals surface area (Å²) < 4.78 is 28.3. The van der Waals surface area contributed by atoms with Gasteiger partial charge in [0, 0.05) is 19.3 Å². The summed E-state index contributed by atoms with van der Waals surface area (Å²) in [5.74, 6) is -3.33. The number of hydrogen-bond acceptors (Lipinski definition) is 11. The number of hydrogen-bond donors (Lipinski definition) is 3. The maximum atomic E-state index is 13.2. The maximum absolute atomic E-state index is 13.2. The molecule has 1 aliphatic rings. The van der Waals surface area contributed by atoms with Crippen LogP contribution >= 0.6 is 0 Å². The second-order valence-corrected chi connectivity index (χ2v) is 20.6. The third kappa shape index (κ3) is 46.4. The van der Waals surface area contributed by atoms with Gasteiger partial charge in [0.15, 0.2) is 24.6 Å². The molecule has 0 aliphatic carbocycles. The van der Waals surface area contributed by atoms with Crippen LogP contribution in [0, 0.1) is 0 Å². The Kier molecular flexibility index (Phi) is 51.6. The molecule has 464 valence electrons. The molecule has 1 saturated heterocycles. The molecule has 0 aromatic carbocycles. The third-order valence-corrected chi connectivity index (χ3v) is 13.1. The SMILES string of the molecule is CC/C=C\C/C=C\C/C=C\C/C=C\C/C=C\C/C=C\CCC(=O)OCC(COC1OC(C(=O)O)C(O)C(O)C1OC(=O)CCCC/C=C\C/C=C\C/C=C\C/C=C\CC)OC(=O)CCCCCCCC/C=C\C/C=C\C/C=C\CCCCC. The number of aliphatic hydroxyl groups excluding tert-OH is 2. The fraction of sp³-hybridized carbons (Fsp3) is 0.577. The van der Waals surface area contributed by atoms with Gasteiger partial charge in [-0.15, -0.1) is 0 Å². The zero-order valence-electron chi connectivity index (χ0n) is 51.1. The van der Waals surface area contributed by atoms with Crippen LogP contribution in [0.1, 0.15) is 213 Å². The summed E-state index contributed by atoms with van der Waals surface area (Å²) in [6, 6.07) is 0. The van der Waals surface area contributed by atoms with Crippen molar-refractivity contribution in [2.75, 3.05) is 13.2 Å². The van der Waals surface area contributed by atoms with Crippen molar-refractivity contribution in [2.45, 2.75) is 250 Å². The van der Waals surface area contributed by atoms with Crippen LogP contribution in [0.25, 0.3) is 0 Å². The fourth-order valence-corrected chi connectivity index (χ4v) is 8.33. The molecule has 0 amide bonds. The average Bonchev–Trinajstić information content (AvgIpc) is 3.58. The number of allylic oxidation sites excluding steroid dienone is 26. The number of carboxylic acids is 1.